The highest BCUT2D eigenvalue weighted by Gasteiger charge is 2.33. The number of halogens is 4. The predicted octanol–water partition coefficient (Wildman–Crippen LogP) is 6.86. The lowest BCUT2D eigenvalue weighted by molar-refractivity contribution is -0.139. The molecule has 3 aromatic rings. The van der Waals surface area contributed by atoms with Gasteiger partial charge in [0, 0.05) is 0 Å². The molecule has 0 aliphatic rings. The molecule has 1 atom stereocenters. The Balaban J connectivity index is 1.77. The third-order valence-corrected chi connectivity index (χ3v) is 4.47. The molecule has 3 rings (SSSR count). The van der Waals surface area contributed by atoms with Crippen molar-refractivity contribution >= 4 is 0 Å². The van der Waals surface area contributed by atoms with E-state index in [-0.39, 0.29) is 0 Å². The van der Waals surface area contributed by atoms with Gasteiger partial charge in [-0.05, 0) is 46.7 Å². The first kappa shape index (κ1) is 18.2. The summed E-state index contributed by atoms with van der Waals surface area (Å²) in [6, 6.07) is 20.7. The normalized spacial score (nSPS) is 12.8. The predicted molar refractivity (Wildman–Crippen MR) is 95.4 cm³/mol. The first-order valence-electron chi connectivity index (χ1n) is 8.35. The van der Waals surface area contributed by atoms with Crippen LogP contribution >= 0.6 is 0 Å². The van der Waals surface area contributed by atoms with Crippen LogP contribution < -0.4 is 0 Å². The van der Waals surface area contributed by atoms with Crippen molar-refractivity contribution in [2.75, 3.05) is 0 Å². The second-order valence-electron chi connectivity index (χ2n) is 6.41. The van der Waals surface area contributed by atoms with E-state index in [2.05, 4.69) is 19.1 Å². The van der Waals surface area contributed by atoms with Crippen molar-refractivity contribution in [3.8, 4) is 11.1 Å². The molecule has 0 fully saturated rings. The Morgan fingerprint density at radius 3 is 2.00 bits per heavy atom. The van der Waals surface area contributed by atoms with E-state index in [1.54, 1.807) is 0 Å². The third kappa shape index (κ3) is 4.13. The number of hydrogen-bond donors (Lipinski definition) is 0. The third-order valence-electron chi connectivity index (χ3n) is 4.47. The monoisotopic (exact) mass is 358 g/mol. The van der Waals surface area contributed by atoms with Gasteiger partial charge in [-0.25, -0.2) is 4.39 Å². The topological polar surface area (TPSA) is 0 Å². The van der Waals surface area contributed by atoms with Crippen LogP contribution in [-0.4, -0.2) is 0 Å². The van der Waals surface area contributed by atoms with E-state index in [4.69, 9.17) is 0 Å². The van der Waals surface area contributed by atoms with E-state index in [0.717, 1.165) is 24.1 Å². The Morgan fingerprint density at radius 1 is 0.808 bits per heavy atom. The van der Waals surface area contributed by atoms with E-state index in [9.17, 15) is 17.6 Å². The second-order valence-corrected chi connectivity index (χ2v) is 6.41. The maximum absolute atomic E-state index is 13.8. The Kier molecular flexibility index (Phi) is 5.12. The fraction of sp³-hybridized carbons (Fsp3) is 0.182. The summed E-state index contributed by atoms with van der Waals surface area (Å²) in [6.07, 6.45) is -3.83. The molecule has 0 nitrogen and oxygen atoms in total. The van der Waals surface area contributed by atoms with Crippen molar-refractivity contribution in [1.82, 2.24) is 0 Å². The van der Waals surface area contributed by atoms with E-state index < -0.39 is 17.6 Å². The van der Waals surface area contributed by atoms with Gasteiger partial charge in [-0.1, -0.05) is 67.6 Å². The van der Waals surface area contributed by atoms with Gasteiger partial charge in [0.25, 0.3) is 0 Å². The van der Waals surface area contributed by atoms with E-state index in [0.29, 0.717) is 17.0 Å². The smallest absolute Gasteiger partial charge is 0.206 e. The SMILES string of the molecule is C[C@H](Cc1ccc(-c2ccc(C(F)(F)F)c(F)c2)cc1)c1ccccc1. The minimum Gasteiger partial charge on any atom is -0.206 e. The summed E-state index contributed by atoms with van der Waals surface area (Å²) in [5.41, 5.74) is 2.25. The molecule has 26 heavy (non-hydrogen) atoms. The molecule has 4 heteroatoms. The molecule has 0 spiro atoms. The van der Waals surface area contributed by atoms with Crippen LogP contribution in [0.4, 0.5) is 17.6 Å². The van der Waals surface area contributed by atoms with E-state index >= 15 is 0 Å². The molecule has 0 aromatic heterocycles. The summed E-state index contributed by atoms with van der Waals surface area (Å²) >= 11 is 0. The number of rotatable bonds is 4. The molecule has 0 aliphatic heterocycles. The average Bonchev–Trinajstić information content (AvgIpc) is 2.62. The van der Waals surface area contributed by atoms with Crippen molar-refractivity contribution in [2.45, 2.75) is 25.4 Å². The van der Waals surface area contributed by atoms with Gasteiger partial charge in [0.2, 0.25) is 0 Å². The van der Waals surface area contributed by atoms with Gasteiger partial charge in [0.15, 0.2) is 0 Å². The average molecular weight is 358 g/mol. The minimum absolute atomic E-state index is 0.352. The zero-order valence-corrected chi connectivity index (χ0v) is 14.2. The molecule has 0 saturated heterocycles. The molecule has 0 N–H and O–H groups in total. The maximum Gasteiger partial charge on any atom is 0.419 e. The summed E-state index contributed by atoms with van der Waals surface area (Å²) in [7, 11) is 0. The fourth-order valence-electron chi connectivity index (χ4n) is 3.01. The van der Waals surface area contributed by atoms with E-state index in [1.165, 1.54) is 11.6 Å². The second kappa shape index (κ2) is 7.32. The van der Waals surface area contributed by atoms with Gasteiger partial charge >= 0.3 is 6.18 Å². The standard InChI is InChI=1S/C22H18F4/c1-15(17-5-3-2-4-6-17)13-16-7-9-18(10-8-16)19-11-12-20(21(23)14-19)22(24,25)26/h2-12,14-15H,13H2,1H3/t15-/m1/s1. The van der Waals surface area contributed by atoms with Crippen molar-refractivity contribution in [2.24, 2.45) is 0 Å². The Hall–Kier alpha value is -2.62. The molecular formula is C22H18F4. The molecule has 0 unspecified atom stereocenters. The lowest BCUT2D eigenvalue weighted by Crippen LogP contribution is -2.07. The van der Waals surface area contributed by atoms with Gasteiger partial charge in [-0.2, -0.15) is 13.2 Å². The van der Waals surface area contributed by atoms with Gasteiger partial charge < -0.3 is 0 Å². The largest absolute Gasteiger partial charge is 0.419 e. The van der Waals surface area contributed by atoms with Gasteiger partial charge in [-0.3, -0.25) is 0 Å². The zero-order chi connectivity index (χ0) is 18.7. The molecule has 0 bridgehead atoms. The van der Waals surface area contributed by atoms with Crippen molar-refractivity contribution in [3.63, 3.8) is 0 Å². The number of alkyl halides is 3. The lowest BCUT2D eigenvalue weighted by Gasteiger charge is -2.13. The maximum atomic E-state index is 13.8. The van der Waals surface area contributed by atoms with Crippen LogP contribution in [0.3, 0.4) is 0 Å². The quantitative estimate of drug-likeness (QED) is 0.447. The van der Waals surface area contributed by atoms with Gasteiger partial charge in [-0.15, -0.1) is 0 Å². The Labute approximate surface area is 150 Å². The van der Waals surface area contributed by atoms with Crippen LogP contribution in [0.15, 0.2) is 72.8 Å². The van der Waals surface area contributed by atoms with Crippen molar-refractivity contribution < 1.29 is 17.6 Å². The first-order valence-corrected chi connectivity index (χ1v) is 8.35. The lowest BCUT2D eigenvalue weighted by atomic mass is 9.93. The van der Waals surface area contributed by atoms with Crippen LogP contribution in [0.1, 0.15) is 29.5 Å². The molecule has 3 aromatic carbocycles. The molecule has 0 radical (unpaired) electrons. The summed E-state index contributed by atoms with van der Waals surface area (Å²) in [4.78, 5) is 0. The molecular weight excluding hydrogens is 340 g/mol. The molecule has 0 heterocycles. The summed E-state index contributed by atoms with van der Waals surface area (Å²) in [5, 5.41) is 0. The van der Waals surface area contributed by atoms with Crippen LogP contribution in [0.2, 0.25) is 0 Å². The Bertz CT molecular complexity index is 865. The molecule has 134 valence electrons. The summed E-state index contributed by atoms with van der Waals surface area (Å²) in [6.45, 7) is 2.15. The van der Waals surface area contributed by atoms with Crippen LogP contribution in [0.25, 0.3) is 11.1 Å². The van der Waals surface area contributed by atoms with Gasteiger partial charge in [0.1, 0.15) is 5.82 Å². The number of hydrogen-bond acceptors (Lipinski definition) is 0. The van der Waals surface area contributed by atoms with Crippen LogP contribution in [-0.2, 0) is 12.6 Å². The Morgan fingerprint density at radius 2 is 1.42 bits per heavy atom. The van der Waals surface area contributed by atoms with Crippen molar-refractivity contribution in [3.05, 3.63) is 95.3 Å². The van der Waals surface area contributed by atoms with Crippen LogP contribution in [0, 0.1) is 5.82 Å². The van der Waals surface area contributed by atoms with E-state index in [1.807, 2.05) is 42.5 Å². The summed E-state index contributed by atoms with van der Waals surface area (Å²) in [5.74, 6) is -0.901. The summed E-state index contributed by atoms with van der Waals surface area (Å²) < 4.78 is 51.7. The highest BCUT2D eigenvalue weighted by molar-refractivity contribution is 5.64. The number of benzene rings is 3. The zero-order valence-electron chi connectivity index (χ0n) is 14.2. The minimum atomic E-state index is -4.68. The first-order chi connectivity index (χ1) is 12.3. The molecule has 0 saturated carbocycles. The van der Waals surface area contributed by atoms with Crippen LogP contribution in [0.5, 0.6) is 0 Å². The highest BCUT2D eigenvalue weighted by atomic mass is 19.4. The fourth-order valence-corrected chi connectivity index (χ4v) is 3.01. The molecule has 0 amide bonds. The van der Waals surface area contributed by atoms with Gasteiger partial charge in [0.05, 0.1) is 5.56 Å². The highest BCUT2D eigenvalue weighted by Crippen LogP contribution is 2.33. The molecule has 0 aliphatic carbocycles. The van der Waals surface area contributed by atoms with Crippen molar-refractivity contribution in [1.29, 1.82) is 0 Å².